The molecule has 4 rings (SSSR count). The molecular weight excluding hydrogens is 402 g/mol. The minimum atomic E-state index is -0.442. The predicted molar refractivity (Wildman–Crippen MR) is 111 cm³/mol. The smallest absolute Gasteiger partial charge is 0.271 e. The summed E-state index contributed by atoms with van der Waals surface area (Å²) in [6.45, 7) is 0.434. The number of nitro groups is 1. The SMILES string of the molecule is O=C(N/N=C\c1ccc(OCc2ccc([N+](=O)[O-])cc2)cc1)c1ccc2c(c1)OCO2. The summed E-state index contributed by atoms with van der Waals surface area (Å²) < 4.78 is 16.2. The van der Waals surface area contributed by atoms with E-state index in [1.54, 1.807) is 54.6 Å². The molecule has 0 fully saturated rings. The van der Waals surface area contributed by atoms with E-state index < -0.39 is 4.92 Å². The molecule has 0 saturated heterocycles. The van der Waals surface area contributed by atoms with Gasteiger partial charge in [-0.2, -0.15) is 5.10 Å². The van der Waals surface area contributed by atoms with Gasteiger partial charge in [-0.3, -0.25) is 14.9 Å². The minimum Gasteiger partial charge on any atom is -0.489 e. The Morgan fingerprint density at radius 2 is 1.81 bits per heavy atom. The van der Waals surface area contributed by atoms with Crippen LogP contribution in [-0.4, -0.2) is 23.8 Å². The average Bonchev–Trinajstić information content (AvgIpc) is 3.26. The first kappa shape index (κ1) is 19.9. The van der Waals surface area contributed by atoms with E-state index in [1.165, 1.54) is 18.3 Å². The van der Waals surface area contributed by atoms with Gasteiger partial charge in [0.15, 0.2) is 11.5 Å². The summed E-state index contributed by atoms with van der Waals surface area (Å²) in [5.74, 6) is 1.41. The van der Waals surface area contributed by atoms with Crippen LogP contribution < -0.4 is 19.6 Å². The van der Waals surface area contributed by atoms with Crippen LogP contribution in [0.5, 0.6) is 17.2 Å². The van der Waals surface area contributed by atoms with Gasteiger partial charge in [-0.1, -0.05) is 0 Å². The first-order chi connectivity index (χ1) is 15.1. The lowest BCUT2D eigenvalue weighted by Gasteiger charge is -2.06. The van der Waals surface area contributed by atoms with Gasteiger partial charge in [-0.25, -0.2) is 5.43 Å². The molecule has 0 spiro atoms. The van der Waals surface area contributed by atoms with E-state index in [-0.39, 0.29) is 25.0 Å². The maximum absolute atomic E-state index is 12.2. The van der Waals surface area contributed by atoms with E-state index in [1.807, 2.05) is 0 Å². The van der Waals surface area contributed by atoms with Gasteiger partial charge in [0.2, 0.25) is 6.79 Å². The van der Waals surface area contributed by atoms with Crippen LogP contribution in [0, 0.1) is 10.1 Å². The number of hydrogen-bond donors (Lipinski definition) is 1. The highest BCUT2D eigenvalue weighted by atomic mass is 16.7. The second kappa shape index (κ2) is 8.95. The van der Waals surface area contributed by atoms with Crippen molar-refractivity contribution >= 4 is 17.8 Å². The van der Waals surface area contributed by atoms with Crippen LogP contribution in [0.15, 0.2) is 71.8 Å². The molecule has 9 nitrogen and oxygen atoms in total. The Bertz CT molecular complexity index is 1130. The second-order valence-electron chi connectivity index (χ2n) is 6.55. The highest BCUT2D eigenvalue weighted by Gasteiger charge is 2.15. The largest absolute Gasteiger partial charge is 0.489 e. The fraction of sp³-hybridized carbons (Fsp3) is 0.0909. The third kappa shape index (κ3) is 4.96. The van der Waals surface area contributed by atoms with Crippen LogP contribution in [0.1, 0.15) is 21.5 Å². The standard InChI is InChI=1S/C22H17N3O6/c26-22(17-5-10-20-21(11-17)31-14-30-20)24-23-12-15-3-8-19(9-4-15)29-13-16-1-6-18(7-2-16)25(27)28/h1-12H,13-14H2,(H,24,26)/b23-12-. The molecular formula is C22H17N3O6. The van der Waals surface area contributed by atoms with E-state index in [4.69, 9.17) is 14.2 Å². The van der Waals surface area contributed by atoms with Gasteiger partial charge in [0.1, 0.15) is 12.4 Å². The molecule has 1 aliphatic rings. The Labute approximate surface area is 177 Å². The highest BCUT2D eigenvalue weighted by Crippen LogP contribution is 2.32. The fourth-order valence-electron chi connectivity index (χ4n) is 2.80. The zero-order chi connectivity index (χ0) is 21.6. The molecule has 3 aromatic rings. The average molecular weight is 419 g/mol. The number of rotatable bonds is 7. The number of hydrogen-bond acceptors (Lipinski definition) is 7. The normalized spacial score (nSPS) is 12.0. The number of nitrogens with one attached hydrogen (secondary N) is 1. The number of nitro benzene ring substituents is 1. The Balaban J connectivity index is 1.28. The molecule has 0 aromatic heterocycles. The summed E-state index contributed by atoms with van der Waals surface area (Å²) in [5, 5.41) is 14.6. The summed E-state index contributed by atoms with van der Waals surface area (Å²) in [4.78, 5) is 22.4. The summed E-state index contributed by atoms with van der Waals surface area (Å²) in [5.41, 5.74) is 4.51. The Morgan fingerprint density at radius 1 is 1.06 bits per heavy atom. The van der Waals surface area contributed by atoms with Crippen LogP contribution in [0.25, 0.3) is 0 Å². The van der Waals surface area contributed by atoms with Crippen molar-refractivity contribution in [2.75, 3.05) is 6.79 Å². The Hall–Kier alpha value is -4.40. The number of hydrazone groups is 1. The van der Waals surface area contributed by atoms with E-state index in [9.17, 15) is 14.9 Å². The number of fused-ring (bicyclic) bond motifs is 1. The van der Waals surface area contributed by atoms with Crippen molar-refractivity contribution in [2.45, 2.75) is 6.61 Å². The van der Waals surface area contributed by atoms with E-state index >= 15 is 0 Å². The molecule has 0 aliphatic carbocycles. The molecule has 0 bridgehead atoms. The quantitative estimate of drug-likeness (QED) is 0.355. The third-order valence-electron chi connectivity index (χ3n) is 4.45. The molecule has 0 unspecified atom stereocenters. The molecule has 156 valence electrons. The maximum atomic E-state index is 12.2. The molecule has 0 atom stereocenters. The number of amides is 1. The van der Waals surface area contributed by atoms with Gasteiger partial charge in [-0.05, 0) is 65.7 Å². The van der Waals surface area contributed by atoms with Gasteiger partial charge in [-0.15, -0.1) is 0 Å². The first-order valence-corrected chi connectivity index (χ1v) is 9.28. The predicted octanol–water partition coefficient (Wildman–Crippen LogP) is 3.67. The molecule has 1 aliphatic heterocycles. The molecule has 9 heteroatoms. The number of nitrogens with zero attached hydrogens (tertiary/aromatic N) is 2. The molecule has 1 N–H and O–H groups in total. The van der Waals surface area contributed by atoms with Gasteiger partial charge < -0.3 is 14.2 Å². The second-order valence-corrected chi connectivity index (χ2v) is 6.55. The lowest BCUT2D eigenvalue weighted by molar-refractivity contribution is -0.384. The molecule has 31 heavy (non-hydrogen) atoms. The van der Waals surface area contributed by atoms with Gasteiger partial charge >= 0.3 is 0 Å². The van der Waals surface area contributed by atoms with Crippen molar-refractivity contribution in [1.29, 1.82) is 0 Å². The Morgan fingerprint density at radius 3 is 2.55 bits per heavy atom. The topological polar surface area (TPSA) is 112 Å². The maximum Gasteiger partial charge on any atom is 0.271 e. The third-order valence-corrected chi connectivity index (χ3v) is 4.45. The minimum absolute atomic E-state index is 0.0398. The number of carbonyl (C=O) groups is 1. The van der Waals surface area contributed by atoms with Crippen molar-refractivity contribution in [3.63, 3.8) is 0 Å². The van der Waals surface area contributed by atoms with Crippen molar-refractivity contribution < 1.29 is 23.9 Å². The van der Waals surface area contributed by atoms with Crippen LogP contribution in [0.2, 0.25) is 0 Å². The fourth-order valence-corrected chi connectivity index (χ4v) is 2.80. The van der Waals surface area contributed by atoms with Crippen LogP contribution in [0.4, 0.5) is 5.69 Å². The van der Waals surface area contributed by atoms with Crippen molar-refractivity contribution in [3.05, 3.63) is 93.5 Å². The van der Waals surface area contributed by atoms with Crippen LogP contribution in [-0.2, 0) is 6.61 Å². The zero-order valence-electron chi connectivity index (χ0n) is 16.2. The molecule has 1 heterocycles. The van der Waals surface area contributed by atoms with Gasteiger partial charge in [0, 0.05) is 17.7 Å². The molecule has 0 radical (unpaired) electrons. The van der Waals surface area contributed by atoms with Crippen molar-refractivity contribution in [1.82, 2.24) is 5.43 Å². The van der Waals surface area contributed by atoms with Crippen molar-refractivity contribution in [3.8, 4) is 17.2 Å². The van der Waals surface area contributed by atoms with Crippen molar-refractivity contribution in [2.24, 2.45) is 5.10 Å². The zero-order valence-corrected chi connectivity index (χ0v) is 16.2. The lowest BCUT2D eigenvalue weighted by Crippen LogP contribution is -2.17. The summed E-state index contributed by atoms with van der Waals surface area (Å²) >= 11 is 0. The molecule has 3 aromatic carbocycles. The van der Waals surface area contributed by atoms with Gasteiger partial charge in [0.05, 0.1) is 11.1 Å². The van der Waals surface area contributed by atoms with Crippen LogP contribution >= 0.6 is 0 Å². The monoisotopic (exact) mass is 419 g/mol. The summed E-state index contributed by atoms with van der Waals surface area (Å²) in [6.07, 6.45) is 1.52. The number of ether oxygens (including phenoxy) is 3. The molecule has 0 saturated carbocycles. The van der Waals surface area contributed by atoms with Crippen LogP contribution in [0.3, 0.4) is 0 Å². The van der Waals surface area contributed by atoms with E-state index in [0.29, 0.717) is 22.8 Å². The number of non-ortho nitro benzene ring substituents is 1. The lowest BCUT2D eigenvalue weighted by atomic mass is 10.2. The highest BCUT2D eigenvalue weighted by molar-refractivity contribution is 5.95. The molecule has 1 amide bonds. The van der Waals surface area contributed by atoms with E-state index in [2.05, 4.69) is 10.5 Å². The Kier molecular flexibility index (Phi) is 5.75. The van der Waals surface area contributed by atoms with Gasteiger partial charge in [0.25, 0.3) is 11.6 Å². The number of carbonyl (C=O) groups excluding carboxylic acids is 1. The number of benzene rings is 3. The first-order valence-electron chi connectivity index (χ1n) is 9.28. The van der Waals surface area contributed by atoms with E-state index in [0.717, 1.165) is 11.1 Å². The summed E-state index contributed by atoms with van der Waals surface area (Å²) in [6, 6.07) is 18.2. The summed E-state index contributed by atoms with van der Waals surface area (Å²) in [7, 11) is 0.